The molecule has 6 nitrogen and oxygen atoms in total. The summed E-state index contributed by atoms with van der Waals surface area (Å²) in [7, 11) is 1.84. The number of aryl methyl sites for hydroxylation is 2. The summed E-state index contributed by atoms with van der Waals surface area (Å²) in [6, 6.07) is 0. The molecular formula is C14H25N5O. The summed E-state index contributed by atoms with van der Waals surface area (Å²) in [6.45, 7) is 9.20. The van der Waals surface area contributed by atoms with Gasteiger partial charge in [0.05, 0.1) is 11.3 Å². The second-order valence-electron chi connectivity index (χ2n) is 5.74. The average molecular weight is 279 g/mol. The Morgan fingerprint density at radius 1 is 1.40 bits per heavy atom. The van der Waals surface area contributed by atoms with Crippen molar-refractivity contribution in [2.45, 2.75) is 13.8 Å². The van der Waals surface area contributed by atoms with Crippen molar-refractivity contribution in [3.8, 4) is 0 Å². The highest BCUT2D eigenvalue weighted by atomic mass is 16.2. The van der Waals surface area contributed by atoms with Gasteiger partial charge in [-0.3, -0.25) is 14.4 Å². The van der Waals surface area contributed by atoms with Gasteiger partial charge in [0.2, 0.25) is 0 Å². The second-order valence-corrected chi connectivity index (χ2v) is 5.74. The molecule has 2 heterocycles. The lowest BCUT2D eigenvalue weighted by atomic mass is 10.1. The molecule has 1 aliphatic heterocycles. The molecule has 1 aromatic heterocycles. The third kappa shape index (κ3) is 3.37. The molecule has 2 rings (SSSR count). The molecular weight excluding hydrogens is 254 g/mol. The van der Waals surface area contributed by atoms with E-state index in [1.807, 2.05) is 18.9 Å². The first-order valence-corrected chi connectivity index (χ1v) is 7.23. The number of nitrogens with two attached hydrogens (primary N) is 1. The van der Waals surface area contributed by atoms with Crippen LogP contribution in [0.15, 0.2) is 6.20 Å². The van der Waals surface area contributed by atoms with Gasteiger partial charge in [-0.15, -0.1) is 0 Å². The van der Waals surface area contributed by atoms with Gasteiger partial charge in [0.15, 0.2) is 0 Å². The predicted octanol–water partition coefficient (Wildman–Crippen LogP) is 0.0811. The van der Waals surface area contributed by atoms with Gasteiger partial charge in [0.1, 0.15) is 0 Å². The smallest absolute Gasteiger partial charge is 0.257 e. The number of aromatic nitrogens is 2. The predicted molar refractivity (Wildman–Crippen MR) is 78.5 cm³/mol. The number of rotatable bonds is 4. The van der Waals surface area contributed by atoms with Crippen LogP contribution in [0.4, 0.5) is 0 Å². The van der Waals surface area contributed by atoms with Gasteiger partial charge in [-0.1, -0.05) is 6.92 Å². The molecule has 1 atom stereocenters. The Bertz CT molecular complexity index is 462. The third-order valence-electron chi connectivity index (χ3n) is 3.88. The van der Waals surface area contributed by atoms with Crippen LogP contribution in [0, 0.1) is 12.8 Å². The normalized spacial score (nSPS) is 18.3. The fourth-order valence-electron chi connectivity index (χ4n) is 2.63. The number of carbonyl (C=O) groups is 1. The maximum absolute atomic E-state index is 12.5. The Kier molecular flexibility index (Phi) is 4.77. The van der Waals surface area contributed by atoms with Crippen LogP contribution < -0.4 is 5.73 Å². The maximum atomic E-state index is 12.5. The minimum absolute atomic E-state index is 0.0992. The molecule has 1 saturated heterocycles. The fraction of sp³-hybridized carbons (Fsp3) is 0.714. The van der Waals surface area contributed by atoms with Crippen LogP contribution in [0.1, 0.15) is 23.0 Å². The molecule has 20 heavy (non-hydrogen) atoms. The van der Waals surface area contributed by atoms with Crippen molar-refractivity contribution in [3.63, 3.8) is 0 Å². The summed E-state index contributed by atoms with van der Waals surface area (Å²) in [5, 5.41) is 4.24. The Morgan fingerprint density at radius 2 is 2.05 bits per heavy atom. The highest BCUT2D eigenvalue weighted by Crippen LogP contribution is 2.12. The van der Waals surface area contributed by atoms with Crippen molar-refractivity contribution in [2.75, 3.05) is 39.3 Å². The molecule has 1 amide bonds. The van der Waals surface area contributed by atoms with Gasteiger partial charge in [-0.2, -0.15) is 5.10 Å². The van der Waals surface area contributed by atoms with Crippen LogP contribution in [-0.4, -0.2) is 64.8 Å². The first-order chi connectivity index (χ1) is 9.51. The van der Waals surface area contributed by atoms with E-state index in [9.17, 15) is 4.79 Å². The molecule has 0 saturated carbocycles. The zero-order valence-corrected chi connectivity index (χ0v) is 12.7. The van der Waals surface area contributed by atoms with Crippen LogP contribution in [0.3, 0.4) is 0 Å². The van der Waals surface area contributed by atoms with E-state index in [4.69, 9.17) is 5.73 Å². The van der Waals surface area contributed by atoms with Gasteiger partial charge < -0.3 is 10.6 Å². The zero-order valence-electron chi connectivity index (χ0n) is 12.7. The van der Waals surface area contributed by atoms with Crippen LogP contribution >= 0.6 is 0 Å². The number of piperazine rings is 1. The highest BCUT2D eigenvalue weighted by molar-refractivity contribution is 5.95. The molecule has 1 aliphatic rings. The lowest BCUT2D eigenvalue weighted by Gasteiger charge is -2.35. The SMILES string of the molecule is Cc1nn(C)cc1C(=O)N1CCN(CC(C)CN)CC1. The maximum Gasteiger partial charge on any atom is 0.257 e. The summed E-state index contributed by atoms with van der Waals surface area (Å²) in [4.78, 5) is 16.8. The molecule has 0 radical (unpaired) electrons. The minimum atomic E-state index is 0.0992. The van der Waals surface area contributed by atoms with Gasteiger partial charge in [0, 0.05) is 46.0 Å². The monoisotopic (exact) mass is 279 g/mol. The van der Waals surface area contributed by atoms with Gasteiger partial charge in [-0.05, 0) is 19.4 Å². The molecule has 1 aromatic rings. The van der Waals surface area contributed by atoms with Crippen molar-refractivity contribution in [3.05, 3.63) is 17.5 Å². The first-order valence-electron chi connectivity index (χ1n) is 7.23. The van der Waals surface area contributed by atoms with Crippen molar-refractivity contribution in [1.82, 2.24) is 19.6 Å². The van der Waals surface area contributed by atoms with Gasteiger partial charge >= 0.3 is 0 Å². The fourth-order valence-corrected chi connectivity index (χ4v) is 2.63. The van der Waals surface area contributed by atoms with Crippen LogP contribution in [0.5, 0.6) is 0 Å². The molecule has 2 N–H and O–H groups in total. The van der Waals surface area contributed by atoms with E-state index in [1.54, 1.807) is 10.9 Å². The lowest BCUT2D eigenvalue weighted by molar-refractivity contribution is 0.0621. The van der Waals surface area contributed by atoms with E-state index in [1.165, 1.54) is 0 Å². The standard InChI is InChI=1S/C14H25N5O/c1-11(8-15)9-18-4-6-19(7-5-18)14(20)13-10-17(3)16-12(13)2/h10-11H,4-9,15H2,1-3H3. The van der Waals surface area contributed by atoms with E-state index in [-0.39, 0.29) is 5.91 Å². The van der Waals surface area contributed by atoms with E-state index in [0.717, 1.165) is 44.0 Å². The second kappa shape index (κ2) is 6.37. The van der Waals surface area contributed by atoms with E-state index < -0.39 is 0 Å². The first kappa shape index (κ1) is 15.0. The molecule has 0 aliphatic carbocycles. The molecule has 0 spiro atoms. The number of carbonyl (C=O) groups excluding carboxylic acids is 1. The molecule has 112 valence electrons. The van der Waals surface area contributed by atoms with Gasteiger partial charge in [0.25, 0.3) is 5.91 Å². The van der Waals surface area contributed by atoms with Crippen LogP contribution in [0.25, 0.3) is 0 Å². The summed E-state index contributed by atoms with van der Waals surface area (Å²) in [5.41, 5.74) is 7.18. The van der Waals surface area contributed by atoms with Crippen LogP contribution in [-0.2, 0) is 7.05 Å². The molecule has 0 aromatic carbocycles. The zero-order chi connectivity index (χ0) is 14.7. The van der Waals surface area contributed by atoms with E-state index in [0.29, 0.717) is 12.5 Å². The van der Waals surface area contributed by atoms with Gasteiger partial charge in [-0.25, -0.2) is 0 Å². The summed E-state index contributed by atoms with van der Waals surface area (Å²) < 4.78 is 1.70. The van der Waals surface area contributed by atoms with Crippen molar-refractivity contribution >= 4 is 5.91 Å². The highest BCUT2D eigenvalue weighted by Gasteiger charge is 2.24. The van der Waals surface area contributed by atoms with Crippen LogP contribution in [0.2, 0.25) is 0 Å². The molecule has 1 unspecified atom stereocenters. The summed E-state index contributed by atoms with van der Waals surface area (Å²) in [5.74, 6) is 0.611. The Morgan fingerprint density at radius 3 is 2.55 bits per heavy atom. The number of hydrogen-bond donors (Lipinski definition) is 1. The van der Waals surface area contributed by atoms with E-state index >= 15 is 0 Å². The lowest BCUT2D eigenvalue weighted by Crippen LogP contribution is -2.50. The Balaban J connectivity index is 1.90. The van der Waals surface area contributed by atoms with Crippen molar-refractivity contribution < 1.29 is 4.79 Å². The number of hydrogen-bond acceptors (Lipinski definition) is 4. The summed E-state index contributed by atoms with van der Waals surface area (Å²) >= 11 is 0. The summed E-state index contributed by atoms with van der Waals surface area (Å²) in [6.07, 6.45) is 1.81. The van der Waals surface area contributed by atoms with Crippen molar-refractivity contribution in [2.24, 2.45) is 18.7 Å². The number of nitrogens with zero attached hydrogens (tertiary/aromatic N) is 4. The third-order valence-corrected chi connectivity index (χ3v) is 3.88. The quantitative estimate of drug-likeness (QED) is 0.847. The van der Waals surface area contributed by atoms with Crippen molar-refractivity contribution in [1.29, 1.82) is 0 Å². The Hall–Kier alpha value is -1.40. The molecule has 1 fully saturated rings. The van der Waals surface area contributed by atoms with E-state index in [2.05, 4.69) is 16.9 Å². The minimum Gasteiger partial charge on any atom is -0.336 e. The number of amides is 1. The topological polar surface area (TPSA) is 67.4 Å². The molecule has 6 heteroatoms. The largest absolute Gasteiger partial charge is 0.336 e. The molecule has 0 bridgehead atoms. The average Bonchev–Trinajstić information content (AvgIpc) is 2.77. The Labute approximate surface area is 120 Å².